The highest BCUT2D eigenvalue weighted by atomic mass is 35.5. The van der Waals surface area contributed by atoms with Crippen LogP contribution in [0.5, 0.6) is 0 Å². The summed E-state index contributed by atoms with van der Waals surface area (Å²) in [5.74, 6) is 0.0787. The van der Waals surface area contributed by atoms with Gasteiger partial charge < -0.3 is 5.32 Å². The molecular formula is C18H24Cl2N2O. The molecule has 1 spiro atoms. The number of hydrogen-bond donors (Lipinski definition) is 1. The molecule has 2 fully saturated rings. The highest BCUT2D eigenvalue weighted by molar-refractivity contribution is 6.42. The summed E-state index contributed by atoms with van der Waals surface area (Å²) in [6, 6.07) is 5.66. The van der Waals surface area contributed by atoms with Crippen LogP contribution in [0.1, 0.15) is 44.1 Å². The lowest BCUT2D eigenvalue weighted by Crippen LogP contribution is -2.60. The molecular weight excluding hydrogens is 331 g/mol. The Labute approximate surface area is 148 Å². The fourth-order valence-electron chi connectivity index (χ4n) is 4.30. The van der Waals surface area contributed by atoms with Gasteiger partial charge in [-0.3, -0.25) is 9.69 Å². The zero-order valence-electron chi connectivity index (χ0n) is 13.6. The van der Waals surface area contributed by atoms with Crippen molar-refractivity contribution < 1.29 is 4.79 Å². The van der Waals surface area contributed by atoms with Gasteiger partial charge in [0.2, 0.25) is 5.91 Å². The molecule has 3 rings (SSSR count). The van der Waals surface area contributed by atoms with Crippen LogP contribution in [-0.2, 0) is 11.2 Å². The molecule has 1 amide bonds. The Morgan fingerprint density at radius 2 is 2.04 bits per heavy atom. The van der Waals surface area contributed by atoms with Crippen LogP contribution in [-0.4, -0.2) is 36.0 Å². The first kappa shape index (κ1) is 17.1. The number of nitrogens with one attached hydrogen (secondary N) is 1. The van der Waals surface area contributed by atoms with Gasteiger partial charge in [0.05, 0.1) is 16.5 Å². The Balaban J connectivity index is 1.67. The van der Waals surface area contributed by atoms with E-state index in [0.29, 0.717) is 16.5 Å². The SMILES string of the molecule is CN1CCC[C@@]12CCCC[C@@H]2NC(=O)Cc1ccc(Cl)c(Cl)c1. The third-order valence-electron chi connectivity index (χ3n) is 5.55. The second-order valence-electron chi connectivity index (χ2n) is 6.92. The molecule has 0 radical (unpaired) electrons. The second-order valence-corrected chi connectivity index (χ2v) is 7.73. The fourth-order valence-corrected chi connectivity index (χ4v) is 4.62. The van der Waals surface area contributed by atoms with E-state index >= 15 is 0 Å². The van der Waals surface area contributed by atoms with Crippen LogP contribution in [0.3, 0.4) is 0 Å². The predicted molar refractivity (Wildman–Crippen MR) is 95.2 cm³/mol. The number of benzene rings is 1. The number of carbonyl (C=O) groups is 1. The predicted octanol–water partition coefficient (Wildman–Crippen LogP) is 4.06. The summed E-state index contributed by atoms with van der Waals surface area (Å²) in [7, 11) is 2.20. The third kappa shape index (κ3) is 3.52. The summed E-state index contributed by atoms with van der Waals surface area (Å²) >= 11 is 12.0. The van der Waals surface area contributed by atoms with Crippen LogP contribution in [0.2, 0.25) is 10.0 Å². The van der Waals surface area contributed by atoms with E-state index in [1.54, 1.807) is 12.1 Å². The topological polar surface area (TPSA) is 32.3 Å². The van der Waals surface area contributed by atoms with Crippen LogP contribution in [0, 0.1) is 0 Å². The van der Waals surface area contributed by atoms with Crippen molar-refractivity contribution in [3.05, 3.63) is 33.8 Å². The number of halogens is 2. The number of rotatable bonds is 3. The number of hydrogen-bond acceptors (Lipinski definition) is 2. The molecule has 126 valence electrons. The molecule has 1 aromatic carbocycles. The Kier molecular flexibility index (Phi) is 5.19. The van der Waals surface area contributed by atoms with Crippen molar-refractivity contribution >= 4 is 29.1 Å². The number of likely N-dealkylation sites (tertiary alicyclic amines) is 1. The minimum atomic E-state index is 0.0787. The van der Waals surface area contributed by atoms with Gasteiger partial charge in [0, 0.05) is 11.6 Å². The zero-order valence-corrected chi connectivity index (χ0v) is 15.1. The monoisotopic (exact) mass is 354 g/mol. The summed E-state index contributed by atoms with van der Waals surface area (Å²) in [4.78, 5) is 15.0. The summed E-state index contributed by atoms with van der Waals surface area (Å²) in [6.07, 6.45) is 7.53. The van der Waals surface area contributed by atoms with Gasteiger partial charge in [-0.15, -0.1) is 0 Å². The minimum Gasteiger partial charge on any atom is -0.351 e. The Bertz CT molecular complexity index is 592. The maximum atomic E-state index is 12.5. The van der Waals surface area contributed by atoms with Crippen LogP contribution in [0.4, 0.5) is 0 Å². The molecule has 1 heterocycles. The van der Waals surface area contributed by atoms with E-state index in [1.165, 1.54) is 32.1 Å². The summed E-state index contributed by atoms with van der Waals surface area (Å²) in [5, 5.41) is 4.33. The van der Waals surface area contributed by atoms with Gasteiger partial charge in [-0.1, -0.05) is 42.1 Å². The molecule has 2 aliphatic rings. The molecule has 3 nitrogen and oxygen atoms in total. The average Bonchev–Trinajstić information content (AvgIpc) is 2.87. The van der Waals surface area contributed by atoms with Gasteiger partial charge in [0.1, 0.15) is 0 Å². The Morgan fingerprint density at radius 3 is 2.74 bits per heavy atom. The van der Waals surface area contributed by atoms with Crippen LogP contribution in [0.15, 0.2) is 18.2 Å². The molecule has 1 saturated heterocycles. The van der Waals surface area contributed by atoms with Gasteiger partial charge >= 0.3 is 0 Å². The highest BCUT2D eigenvalue weighted by Crippen LogP contribution is 2.40. The average molecular weight is 355 g/mol. The largest absolute Gasteiger partial charge is 0.351 e. The number of nitrogens with zero attached hydrogens (tertiary/aromatic N) is 1. The second kappa shape index (κ2) is 7.00. The van der Waals surface area contributed by atoms with E-state index in [-0.39, 0.29) is 17.5 Å². The molecule has 0 aromatic heterocycles. The van der Waals surface area contributed by atoms with Crippen molar-refractivity contribution in [1.29, 1.82) is 0 Å². The van der Waals surface area contributed by atoms with Crippen molar-refractivity contribution in [2.45, 2.75) is 56.5 Å². The van der Waals surface area contributed by atoms with Crippen LogP contribution in [0.25, 0.3) is 0 Å². The molecule has 1 aliphatic carbocycles. The van der Waals surface area contributed by atoms with Crippen molar-refractivity contribution in [1.82, 2.24) is 10.2 Å². The van der Waals surface area contributed by atoms with Crippen molar-refractivity contribution in [2.24, 2.45) is 0 Å². The van der Waals surface area contributed by atoms with E-state index in [2.05, 4.69) is 17.3 Å². The van der Waals surface area contributed by atoms with Crippen molar-refractivity contribution in [3.8, 4) is 0 Å². The Hall–Kier alpha value is -0.770. The first-order valence-electron chi connectivity index (χ1n) is 8.46. The van der Waals surface area contributed by atoms with E-state index in [1.807, 2.05) is 6.07 Å². The van der Waals surface area contributed by atoms with Gasteiger partial charge in [-0.25, -0.2) is 0 Å². The molecule has 23 heavy (non-hydrogen) atoms. The van der Waals surface area contributed by atoms with Crippen molar-refractivity contribution in [3.63, 3.8) is 0 Å². The van der Waals surface area contributed by atoms with E-state index in [0.717, 1.165) is 18.5 Å². The number of likely N-dealkylation sites (N-methyl/N-ethyl adjacent to an activating group) is 1. The van der Waals surface area contributed by atoms with Gasteiger partial charge in [0.15, 0.2) is 0 Å². The standard InChI is InChI=1S/C18H24Cl2N2O/c1-22-10-4-9-18(22)8-3-2-5-16(18)21-17(23)12-13-6-7-14(19)15(20)11-13/h6-7,11,16H,2-5,8-10,12H2,1H3,(H,21,23)/t16-,18+/m0/s1. The zero-order chi connectivity index (χ0) is 16.4. The first-order valence-corrected chi connectivity index (χ1v) is 9.21. The van der Waals surface area contributed by atoms with Crippen molar-refractivity contribution in [2.75, 3.05) is 13.6 Å². The lowest BCUT2D eigenvalue weighted by Gasteiger charge is -2.46. The number of amides is 1. The molecule has 5 heteroatoms. The fraction of sp³-hybridized carbons (Fsp3) is 0.611. The summed E-state index contributed by atoms with van der Waals surface area (Å²) in [5.41, 5.74) is 1.08. The van der Waals surface area contributed by atoms with E-state index in [4.69, 9.17) is 23.2 Å². The number of carbonyl (C=O) groups excluding carboxylic acids is 1. The normalized spacial score (nSPS) is 28.2. The summed E-state index contributed by atoms with van der Waals surface area (Å²) < 4.78 is 0. The lowest BCUT2D eigenvalue weighted by molar-refractivity contribution is -0.122. The lowest BCUT2D eigenvalue weighted by atomic mass is 9.75. The van der Waals surface area contributed by atoms with Crippen LogP contribution < -0.4 is 5.32 Å². The highest BCUT2D eigenvalue weighted by Gasteiger charge is 2.46. The Morgan fingerprint density at radius 1 is 1.26 bits per heavy atom. The summed E-state index contributed by atoms with van der Waals surface area (Å²) in [6.45, 7) is 1.14. The third-order valence-corrected chi connectivity index (χ3v) is 6.29. The van der Waals surface area contributed by atoms with Crippen LogP contribution >= 0.6 is 23.2 Å². The van der Waals surface area contributed by atoms with E-state index < -0.39 is 0 Å². The molecule has 1 aromatic rings. The molecule has 1 aliphatic heterocycles. The maximum Gasteiger partial charge on any atom is 0.224 e. The smallest absolute Gasteiger partial charge is 0.224 e. The molecule has 0 bridgehead atoms. The quantitative estimate of drug-likeness (QED) is 0.887. The van der Waals surface area contributed by atoms with Gasteiger partial charge in [0.25, 0.3) is 0 Å². The molecule has 0 unspecified atom stereocenters. The van der Waals surface area contributed by atoms with E-state index in [9.17, 15) is 4.79 Å². The van der Waals surface area contributed by atoms with Gasteiger partial charge in [-0.05, 0) is 57.0 Å². The molecule has 2 atom stereocenters. The first-order chi connectivity index (χ1) is 11.0. The minimum absolute atomic E-state index is 0.0787. The maximum absolute atomic E-state index is 12.5. The molecule has 1 N–H and O–H groups in total. The molecule has 1 saturated carbocycles. The van der Waals surface area contributed by atoms with Gasteiger partial charge in [-0.2, -0.15) is 0 Å².